The summed E-state index contributed by atoms with van der Waals surface area (Å²) in [5.41, 5.74) is 11.2. The number of nitrogens with two attached hydrogens (primary N) is 2. The molecule has 4 nitrogen and oxygen atoms in total. The van der Waals surface area contributed by atoms with Crippen LogP contribution in [-0.4, -0.2) is 30.8 Å². The van der Waals surface area contributed by atoms with Crippen LogP contribution in [0.25, 0.3) is 0 Å². The molecule has 0 bridgehead atoms. The maximum atomic E-state index is 5.61. The molecule has 1 heterocycles. The van der Waals surface area contributed by atoms with Gasteiger partial charge < -0.3 is 5.32 Å². The van der Waals surface area contributed by atoms with Crippen LogP contribution < -0.4 is 16.3 Å². The lowest BCUT2D eigenvalue weighted by molar-refractivity contribution is 0.383. The molecule has 0 saturated carbocycles. The molecule has 0 amide bonds. The van der Waals surface area contributed by atoms with Gasteiger partial charge >= 0.3 is 0 Å². The van der Waals surface area contributed by atoms with Crippen molar-refractivity contribution in [2.24, 2.45) is 11.0 Å². The van der Waals surface area contributed by atoms with Gasteiger partial charge in [-0.05, 0) is 11.8 Å². The molecule has 0 aliphatic carbocycles. The quantitative estimate of drug-likeness (QED) is 0.453. The maximum Gasteiger partial charge on any atom is 0.135 e. The van der Waals surface area contributed by atoms with Crippen LogP contribution >= 0.6 is 6.49 Å². The van der Waals surface area contributed by atoms with E-state index < -0.39 is 6.49 Å². The van der Waals surface area contributed by atoms with Crippen LogP contribution in [0.3, 0.4) is 0 Å². The van der Waals surface area contributed by atoms with Crippen molar-refractivity contribution in [3.8, 4) is 0 Å². The number of hydrogen-bond donors (Lipinski definition) is 3. The third-order valence-corrected chi connectivity index (χ3v) is 3.51. The summed E-state index contributed by atoms with van der Waals surface area (Å²) < 4.78 is 2.00. The lowest BCUT2D eigenvalue weighted by Gasteiger charge is -2.32. The van der Waals surface area contributed by atoms with Crippen molar-refractivity contribution in [1.29, 1.82) is 0 Å². The van der Waals surface area contributed by atoms with E-state index in [2.05, 4.69) is 5.32 Å². The second-order valence-electron chi connectivity index (χ2n) is 2.38. The summed E-state index contributed by atoms with van der Waals surface area (Å²) in [6.07, 6.45) is 0. The van der Waals surface area contributed by atoms with Crippen molar-refractivity contribution in [3.05, 3.63) is 0 Å². The Morgan fingerprint density at radius 3 is 2.10 bits per heavy atom. The lowest BCUT2D eigenvalue weighted by atomic mass is 10.4. The lowest BCUT2D eigenvalue weighted by Crippen LogP contribution is -2.44. The summed E-state index contributed by atoms with van der Waals surface area (Å²) >= 11 is 4.97. The largest absolute Gasteiger partial charge is 0.314 e. The number of piperazine rings is 1. The minimum atomic E-state index is -2.11. The second-order valence-corrected chi connectivity index (χ2v) is 6.04. The summed E-state index contributed by atoms with van der Waals surface area (Å²) in [6, 6.07) is 0. The van der Waals surface area contributed by atoms with Crippen LogP contribution in [0.15, 0.2) is 0 Å². The first kappa shape index (κ1) is 8.59. The maximum absolute atomic E-state index is 5.61. The molecule has 1 rings (SSSR count). The molecule has 0 aromatic carbocycles. The summed E-state index contributed by atoms with van der Waals surface area (Å²) in [5.74, 6) is 0. The van der Waals surface area contributed by atoms with Gasteiger partial charge in [-0.3, -0.25) is 11.0 Å². The van der Waals surface area contributed by atoms with Crippen molar-refractivity contribution in [1.82, 2.24) is 9.99 Å². The van der Waals surface area contributed by atoms with Gasteiger partial charge in [0.25, 0.3) is 0 Å². The van der Waals surface area contributed by atoms with Gasteiger partial charge in [0, 0.05) is 26.2 Å². The molecule has 0 atom stereocenters. The van der Waals surface area contributed by atoms with E-state index in [-0.39, 0.29) is 0 Å². The minimum absolute atomic E-state index is 0.893. The van der Waals surface area contributed by atoms with Crippen LogP contribution in [0.2, 0.25) is 0 Å². The van der Waals surface area contributed by atoms with Gasteiger partial charge in [0.1, 0.15) is 6.49 Å². The Kier molecular flexibility index (Phi) is 2.80. The molecule has 10 heavy (non-hydrogen) atoms. The van der Waals surface area contributed by atoms with Gasteiger partial charge in [0.2, 0.25) is 0 Å². The summed E-state index contributed by atoms with van der Waals surface area (Å²) in [5, 5.41) is 3.21. The van der Waals surface area contributed by atoms with Crippen LogP contribution in [0.1, 0.15) is 0 Å². The highest BCUT2D eigenvalue weighted by Gasteiger charge is 2.18. The van der Waals surface area contributed by atoms with E-state index in [9.17, 15) is 0 Å². The first-order chi connectivity index (χ1) is 4.61. The Bertz CT molecular complexity index is 149. The zero-order valence-electron chi connectivity index (χ0n) is 5.79. The van der Waals surface area contributed by atoms with E-state index in [0.717, 1.165) is 26.2 Å². The average molecular weight is 180 g/mol. The Hall–Kier alpha value is 0.490. The van der Waals surface area contributed by atoms with E-state index in [4.69, 9.17) is 22.8 Å². The van der Waals surface area contributed by atoms with Crippen LogP contribution in [0.5, 0.6) is 0 Å². The van der Waals surface area contributed by atoms with E-state index in [1.54, 1.807) is 0 Å². The van der Waals surface area contributed by atoms with E-state index in [1.165, 1.54) is 0 Å². The molecule has 1 aliphatic heterocycles. The topological polar surface area (TPSA) is 67.3 Å². The van der Waals surface area contributed by atoms with Crippen molar-refractivity contribution in [2.45, 2.75) is 0 Å². The van der Waals surface area contributed by atoms with Gasteiger partial charge in [0.05, 0.1) is 0 Å². The van der Waals surface area contributed by atoms with Crippen LogP contribution in [-0.2, 0) is 11.8 Å². The zero-order valence-corrected chi connectivity index (χ0v) is 7.50. The molecule has 1 aliphatic rings. The van der Waals surface area contributed by atoms with Crippen LogP contribution in [0, 0.1) is 0 Å². The molecule has 60 valence electrons. The van der Waals surface area contributed by atoms with Crippen molar-refractivity contribution < 1.29 is 0 Å². The van der Waals surface area contributed by atoms with Gasteiger partial charge in [-0.1, -0.05) is 0 Å². The number of rotatable bonds is 1. The Morgan fingerprint density at radius 2 is 1.80 bits per heavy atom. The predicted octanol–water partition coefficient (Wildman–Crippen LogP) is -0.966. The number of nitrogens with one attached hydrogen (secondary N) is 1. The normalized spacial score (nSPS) is 23.0. The summed E-state index contributed by atoms with van der Waals surface area (Å²) in [7, 11) is 0. The number of nitrogens with zero attached hydrogens (tertiary/aromatic N) is 1. The molecule has 0 radical (unpaired) electrons. The Morgan fingerprint density at radius 1 is 1.30 bits per heavy atom. The highest BCUT2D eigenvalue weighted by molar-refractivity contribution is 8.11. The third-order valence-electron chi connectivity index (χ3n) is 1.54. The fourth-order valence-electron chi connectivity index (χ4n) is 0.966. The van der Waals surface area contributed by atoms with Crippen molar-refractivity contribution in [2.75, 3.05) is 26.2 Å². The monoisotopic (exact) mass is 180 g/mol. The third kappa shape index (κ3) is 2.27. The second kappa shape index (κ2) is 3.26. The molecule has 6 heteroatoms. The summed E-state index contributed by atoms with van der Waals surface area (Å²) in [6.45, 7) is 1.57. The van der Waals surface area contributed by atoms with Gasteiger partial charge in [-0.15, -0.1) is 0 Å². The van der Waals surface area contributed by atoms with E-state index in [1.807, 2.05) is 4.67 Å². The Balaban J connectivity index is 2.47. The molecule has 0 spiro atoms. The highest BCUT2D eigenvalue weighted by atomic mass is 32.4. The molecule has 0 unspecified atom stereocenters. The van der Waals surface area contributed by atoms with E-state index in [0.29, 0.717) is 0 Å². The highest BCUT2D eigenvalue weighted by Crippen LogP contribution is 2.31. The molecule has 1 fully saturated rings. The molecule has 0 aromatic rings. The molecular weight excluding hydrogens is 167 g/mol. The fourth-order valence-corrected chi connectivity index (χ4v) is 2.28. The van der Waals surface area contributed by atoms with Gasteiger partial charge in [-0.25, -0.2) is 4.67 Å². The van der Waals surface area contributed by atoms with Gasteiger partial charge in [-0.2, -0.15) is 0 Å². The number of hydrogen-bond acceptors (Lipinski definition) is 2. The minimum Gasteiger partial charge on any atom is -0.314 e. The smallest absolute Gasteiger partial charge is 0.135 e. The van der Waals surface area contributed by atoms with Crippen molar-refractivity contribution in [3.63, 3.8) is 0 Å². The van der Waals surface area contributed by atoms with Gasteiger partial charge in [0.15, 0.2) is 0 Å². The molecule has 0 aromatic heterocycles. The SMILES string of the molecule is NP(N)(=S)N1CCNCC1. The summed E-state index contributed by atoms with van der Waals surface area (Å²) in [4.78, 5) is 0. The zero-order chi connectivity index (χ0) is 7.61. The van der Waals surface area contributed by atoms with Crippen LogP contribution in [0.4, 0.5) is 0 Å². The molecule has 1 saturated heterocycles. The standard InChI is InChI=1S/C4H13N4PS/c5-9(6,10)8-3-1-7-2-4-8/h7H,1-4H2,(H4,5,6,10). The van der Waals surface area contributed by atoms with Crippen molar-refractivity contribution >= 4 is 18.3 Å². The van der Waals surface area contributed by atoms with E-state index >= 15 is 0 Å². The molecular formula is C4H13N4PS. The fraction of sp³-hybridized carbons (Fsp3) is 1.00. The first-order valence-electron chi connectivity index (χ1n) is 3.24. The first-order valence-corrected chi connectivity index (χ1v) is 6.13. The predicted molar refractivity (Wildman–Crippen MR) is 47.1 cm³/mol. The average Bonchev–Trinajstić information content (AvgIpc) is 1.88. The molecule has 5 N–H and O–H groups in total. The Labute approximate surface area is 66.1 Å².